The summed E-state index contributed by atoms with van der Waals surface area (Å²) < 4.78 is 1.63. The van der Waals surface area contributed by atoms with Crippen molar-refractivity contribution in [1.82, 2.24) is 9.55 Å². The van der Waals surface area contributed by atoms with E-state index in [2.05, 4.69) is 10.3 Å². The Hall–Kier alpha value is -1.32. The molecule has 1 aromatic heterocycles. The molecule has 0 radical (unpaired) electrons. The fourth-order valence-corrected chi connectivity index (χ4v) is 1.06. The monoisotopic (exact) mass is 181 g/mol. The topological polar surface area (TPSA) is 46.9 Å². The summed E-state index contributed by atoms with van der Waals surface area (Å²) >= 11 is 0. The molecule has 0 bridgehead atoms. The molecule has 0 aliphatic carbocycles. The molecule has 1 heterocycles. The van der Waals surface area contributed by atoms with Crippen molar-refractivity contribution >= 4 is 5.82 Å². The van der Waals surface area contributed by atoms with Crippen LogP contribution in [0, 0.1) is 0 Å². The van der Waals surface area contributed by atoms with E-state index in [0.29, 0.717) is 12.4 Å². The van der Waals surface area contributed by atoms with Gasteiger partial charge in [-0.25, -0.2) is 4.98 Å². The maximum atomic E-state index is 11.5. The Morgan fingerprint density at radius 3 is 2.92 bits per heavy atom. The van der Waals surface area contributed by atoms with Gasteiger partial charge in [0.2, 0.25) is 0 Å². The summed E-state index contributed by atoms with van der Waals surface area (Å²) in [6, 6.07) is 0. The highest BCUT2D eigenvalue weighted by Gasteiger charge is 2.00. The van der Waals surface area contributed by atoms with Gasteiger partial charge in [-0.05, 0) is 13.3 Å². The number of aryl methyl sites for hydroxylation is 1. The lowest BCUT2D eigenvalue weighted by molar-refractivity contribution is 0.718. The fourth-order valence-electron chi connectivity index (χ4n) is 1.06. The lowest BCUT2D eigenvalue weighted by atomic mass is 10.4. The van der Waals surface area contributed by atoms with Gasteiger partial charge in [-0.2, -0.15) is 0 Å². The molecule has 0 aromatic carbocycles. The molecule has 1 N–H and O–H groups in total. The zero-order chi connectivity index (χ0) is 9.68. The molecule has 0 aliphatic rings. The molecule has 0 atom stereocenters. The minimum Gasteiger partial charge on any atom is -0.365 e. The van der Waals surface area contributed by atoms with E-state index >= 15 is 0 Å². The van der Waals surface area contributed by atoms with Crippen molar-refractivity contribution in [2.75, 3.05) is 11.9 Å². The van der Waals surface area contributed by atoms with E-state index in [1.54, 1.807) is 17.0 Å². The quantitative estimate of drug-likeness (QED) is 0.756. The predicted molar refractivity (Wildman–Crippen MR) is 53.0 cm³/mol. The summed E-state index contributed by atoms with van der Waals surface area (Å²) in [4.78, 5) is 15.5. The highest BCUT2D eigenvalue weighted by atomic mass is 16.1. The number of hydrogen-bond acceptors (Lipinski definition) is 3. The van der Waals surface area contributed by atoms with Crippen LogP contribution in [0.5, 0.6) is 0 Å². The van der Waals surface area contributed by atoms with Gasteiger partial charge in [0, 0.05) is 25.5 Å². The van der Waals surface area contributed by atoms with Gasteiger partial charge in [-0.1, -0.05) is 6.92 Å². The van der Waals surface area contributed by atoms with Crippen LogP contribution in [0.15, 0.2) is 17.2 Å². The van der Waals surface area contributed by atoms with Crippen LogP contribution in [0.3, 0.4) is 0 Å². The van der Waals surface area contributed by atoms with Crippen molar-refractivity contribution in [3.8, 4) is 0 Å². The van der Waals surface area contributed by atoms with Crippen LogP contribution in [-0.2, 0) is 6.54 Å². The Balaban J connectivity index is 2.88. The number of hydrogen-bond donors (Lipinski definition) is 1. The summed E-state index contributed by atoms with van der Waals surface area (Å²) in [6.07, 6.45) is 4.32. The van der Waals surface area contributed by atoms with Crippen LogP contribution in [0.2, 0.25) is 0 Å². The normalized spacial score (nSPS) is 10.0. The number of nitrogens with one attached hydrogen (secondary N) is 1. The minimum atomic E-state index is -0.0431. The van der Waals surface area contributed by atoms with Crippen LogP contribution in [0.1, 0.15) is 20.3 Å². The number of anilines is 1. The largest absolute Gasteiger partial charge is 0.365 e. The smallest absolute Gasteiger partial charge is 0.293 e. The maximum absolute atomic E-state index is 11.5. The zero-order valence-corrected chi connectivity index (χ0v) is 8.08. The molecule has 0 spiro atoms. The van der Waals surface area contributed by atoms with E-state index in [9.17, 15) is 4.79 Å². The molecule has 0 saturated heterocycles. The van der Waals surface area contributed by atoms with Gasteiger partial charge in [0.1, 0.15) is 0 Å². The molecule has 4 nitrogen and oxygen atoms in total. The SMILES string of the molecule is CCCNc1nccn(CC)c1=O. The van der Waals surface area contributed by atoms with Crippen LogP contribution in [0.25, 0.3) is 0 Å². The predicted octanol–water partition coefficient (Wildman–Crippen LogP) is 1.09. The third kappa shape index (κ3) is 2.31. The summed E-state index contributed by atoms with van der Waals surface area (Å²) in [7, 11) is 0. The molecule has 0 amide bonds. The summed E-state index contributed by atoms with van der Waals surface area (Å²) in [5, 5.41) is 2.99. The molecular formula is C9H15N3O. The highest BCUT2D eigenvalue weighted by molar-refractivity contribution is 5.30. The first-order valence-corrected chi connectivity index (χ1v) is 4.59. The average molecular weight is 181 g/mol. The Bertz CT molecular complexity index is 319. The van der Waals surface area contributed by atoms with Crippen molar-refractivity contribution in [2.45, 2.75) is 26.8 Å². The van der Waals surface area contributed by atoms with E-state index in [-0.39, 0.29) is 5.56 Å². The Labute approximate surface area is 77.6 Å². The number of nitrogens with zero attached hydrogens (tertiary/aromatic N) is 2. The maximum Gasteiger partial charge on any atom is 0.293 e. The van der Waals surface area contributed by atoms with Gasteiger partial charge in [0.15, 0.2) is 5.82 Å². The van der Waals surface area contributed by atoms with Gasteiger partial charge in [-0.15, -0.1) is 0 Å². The third-order valence-electron chi connectivity index (χ3n) is 1.80. The van der Waals surface area contributed by atoms with Crippen molar-refractivity contribution in [1.29, 1.82) is 0 Å². The second-order valence-corrected chi connectivity index (χ2v) is 2.79. The Morgan fingerprint density at radius 2 is 2.31 bits per heavy atom. The first-order valence-electron chi connectivity index (χ1n) is 4.59. The second-order valence-electron chi connectivity index (χ2n) is 2.79. The summed E-state index contributed by atoms with van der Waals surface area (Å²) in [5.41, 5.74) is -0.0431. The van der Waals surface area contributed by atoms with Crippen LogP contribution < -0.4 is 10.9 Å². The molecule has 0 saturated carbocycles. The van der Waals surface area contributed by atoms with E-state index in [1.807, 2.05) is 13.8 Å². The Kier molecular flexibility index (Phi) is 3.49. The first-order chi connectivity index (χ1) is 6.29. The van der Waals surface area contributed by atoms with Gasteiger partial charge in [0.05, 0.1) is 0 Å². The lowest BCUT2D eigenvalue weighted by Gasteiger charge is -2.05. The molecule has 0 unspecified atom stereocenters. The summed E-state index contributed by atoms with van der Waals surface area (Å²) in [5.74, 6) is 0.450. The van der Waals surface area contributed by atoms with Crippen LogP contribution in [-0.4, -0.2) is 16.1 Å². The van der Waals surface area contributed by atoms with E-state index in [1.165, 1.54) is 0 Å². The van der Waals surface area contributed by atoms with E-state index in [4.69, 9.17) is 0 Å². The third-order valence-corrected chi connectivity index (χ3v) is 1.80. The van der Waals surface area contributed by atoms with Crippen molar-refractivity contribution in [3.63, 3.8) is 0 Å². The van der Waals surface area contributed by atoms with Crippen molar-refractivity contribution in [2.24, 2.45) is 0 Å². The molecule has 13 heavy (non-hydrogen) atoms. The van der Waals surface area contributed by atoms with Gasteiger partial charge in [0.25, 0.3) is 5.56 Å². The molecule has 0 fully saturated rings. The molecule has 1 aromatic rings. The van der Waals surface area contributed by atoms with Crippen molar-refractivity contribution < 1.29 is 0 Å². The Morgan fingerprint density at radius 1 is 1.54 bits per heavy atom. The van der Waals surface area contributed by atoms with E-state index in [0.717, 1.165) is 13.0 Å². The average Bonchev–Trinajstić information content (AvgIpc) is 2.16. The van der Waals surface area contributed by atoms with E-state index < -0.39 is 0 Å². The number of aromatic nitrogens is 2. The molecule has 1 rings (SSSR count). The van der Waals surface area contributed by atoms with Crippen LogP contribution in [0.4, 0.5) is 5.82 Å². The molecule has 4 heteroatoms. The number of rotatable bonds is 4. The van der Waals surface area contributed by atoms with Gasteiger partial charge in [-0.3, -0.25) is 4.79 Å². The van der Waals surface area contributed by atoms with Gasteiger partial charge >= 0.3 is 0 Å². The first kappa shape index (κ1) is 9.77. The molecular weight excluding hydrogens is 166 g/mol. The highest BCUT2D eigenvalue weighted by Crippen LogP contribution is 1.92. The van der Waals surface area contributed by atoms with Crippen LogP contribution >= 0.6 is 0 Å². The van der Waals surface area contributed by atoms with Crippen molar-refractivity contribution in [3.05, 3.63) is 22.7 Å². The molecule has 0 aliphatic heterocycles. The second kappa shape index (κ2) is 4.64. The molecule has 72 valence electrons. The standard InChI is InChI=1S/C9H15N3O/c1-3-5-10-8-9(13)12(4-2)7-6-11-8/h6-7H,3-5H2,1-2H3,(H,10,11). The lowest BCUT2D eigenvalue weighted by Crippen LogP contribution is -2.23. The summed E-state index contributed by atoms with van der Waals surface area (Å²) in [6.45, 7) is 5.46. The fraction of sp³-hybridized carbons (Fsp3) is 0.556. The zero-order valence-electron chi connectivity index (χ0n) is 8.08. The van der Waals surface area contributed by atoms with Gasteiger partial charge < -0.3 is 9.88 Å². The minimum absolute atomic E-state index is 0.0431.